The Labute approximate surface area is 90.4 Å². The van der Waals surface area contributed by atoms with Gasteiger partial charge in [-0.25, -0.2) is 4.79 Å². The molecule has 2 saturated carbocycles. The van der Waals surface area contributed by atoms with Crippen LogP contribution >= 0.6 is 0 Å². The monoisotopic (exact) mass is 212 g/mol. The second-order valence-corrected chi connectivity index (χ2v) is 4.89. The normalized spacial score (nSPS) is 24.6. The molecule has 0 radical (unpaired) electrons. The quantitative estimate of drug-likeness (QED) is 0.657. The highest BCUT2D eigenvalue weighted by atomic mass is 16.3. The summed E-state index contributed by atoms with van der Waals surface area (Å²) in [5, 5.41) is 15.7. The number of carbonyl (C=O) groups is 1. The highest BCUT2D eigenvalue weighted by molar-refractivity contribution is 5.74. The molecule has 0 unspecified atom stereocenters. The van der Waals surface area contributed by atoms with E-state index in [0.717, 1.165) is 38.5 Å². The Balaban J connectivity index is 1.68. The highest BCUT2D eigenvalue weighted by Crippen LogP contribution is 2.27. The van der Waals surface area contributed by atoms with Crippen LogP contribution in [0.3, 0.4) is 0 Å². The van der Waals surface area contributed by atoms with Crippen molar-refractivity contribution in [1.29, 1.82) is 0 Å². The van der Waals surface area contributed by atoms with Gasteiger partial charge in [-0.2, -0.15) is 0 Å². The van der Waals surface area contributed by atoms with E-state index in [2.05, 4.69) is 10.6 Å². The van der Waals surface area contributed by atoms with Crippen LogP contribution in [0, 0.1) is 0 Å². The van der Waals surface area contributed by atoms with Crippen molar-refractivity contribution in [3.05, 3.63) is 0 Å². The second-order valence-electron chi connectivity index (χ2n) is 4.89. The van der Waals surface area contributed by atoms with Crippen molar-refractivity contribution < 1.29 is 9.90 Å². The topological polar surface area (TPSA) is 61.4 Å². The molecule has 86 valence electrons. The molecule has 2 aliphatic carbocycles. The van der Waals surface area contributed by atoms with Gasteiger partial charge in [0.15, 0.2) is 0 Å². The zero-order chi connectivity index (χ0) is 10.7. The van der Waals surface area contributed by atoms with Crippen molar-refractivity contribution in [3.8, 4) is 0 Å². The highest BCUT2D eigenvalue weighted by Gasteiger charge is 2.30. The van der Waals surface area contributed by atoms with Crippen LogP contribution in [0.2, 0.25) is 0 Å². The number of carbonyl (C=O) groups excluding carboxylic acids is 1. The molecule has 3 N–H and O–H groups in total. The summed E-state index contributed by atoms with van der Waals surface area (Å²) in [6.45, 7) is 0.394. The summed E-state index contributed by atoms with van der Waals surface area (Å²) in [7, 11) is 0. The minimum Gasteiger partial charge on any atom is -0.388 e. The van der Waals surface area contributed by atoms with Gasteiger partial charge in [-0.05, 0) is 25.7 Å². The first-order chi connectivity index (χ1) is 7.18. The Bertz CT molecular complexity index is 233. The fourth-order valence-corrected chi connectivity index (χ4v) is 2.10. The minimum atomic E-state index is -0.654. The molecule has 0 atom stereocenters. The van der Waals surface area contributed by atoms with Gasteiger partial charge in [0.05, 0.1) is 5.60 Å². The summed E-state index contributed by atoms with van der Waals surface area (Å²) in [4.78, 5) is 11.3. The molecule has 0 heterocycles. The number of urea groups is 1. The van der Waals surface area contributed by atoms with E-state index in [9.17, 15) is 9.90 Å². The van der Waals surface area contributed by atoms with Crippen molar-refractivity contribution in [2.75, 3.05) is 6.54 Å². The first-order valence-corrected chi connectivity index (χ1v) is 5.95. The zero-order valence-corrected chi connectivity index (χ0v) is 9.09. The third kappa shape index (κ3) is 3.38. The van der Waals surface area contributed by atoms with Crippen molar-refractivity contribution in [1.82, 2.24) is 10.6 Å². The van der Waals surface area contributed by atoms with Gasteiger partial charge in [-0.3, -0.25) is 0 Å². The summed E-state index contributed by atoms with van der Waals surface area (Å²) < 4.78 is 0. The van der Waals surface area contributed by atoms with E-state index in [1.165, 1.54) is 6.42 Å². The first kappa shape index (κ1) is 10.7. The van der Waals surface area contributed by atoms with E-state index in [4.69, 9.17) is 0 Å². The molecule has 2 fully saturated rings. The molecular weight excluding hydrogens is 192 g/mol. The molecule has 0 aromatic heterocycles. The molecule has 4 nitrogen and oxygen atoms in total. The average molecular weight is 212 g/mol. The van der Waals surface area contributed by atoms with Crippen LogP contribution in [0.4, 0.5) is 4.79 Å². The Morgan fingerprint density at radius 2 is 1.93 bits per heavy atom. The molecule has 2 amide bonds. The van der Waals surface area contributed by atoms with Gasteiger partial charge in [0.25, 0.3) is 0 Å². The second kappa shape index (κ2) is 4.39. The van der Waals surface area contributed by atoms with Crippen LogP contribution in [0.25, 0.3) is 0 Å². The van der Waals surface area contributed by atoms with E-state index in [0.29, 0.717) is 12.6 Å². The van der Waals surface area contributed by atoms with Crippen LogP contribution in [0.15, 0.2) is 0 Å². The van der Waals surface area contributed by atoms with Crippen LogP contribution in [-0.4, -0.2) is 29.3 Å². The largest absolute Gasteiger partial charge is 0.388 e. The number of aliphatic hydroxyl groups is 1. The number of hydrogen-bond acceptors (Lipinski definition) is 2. The predicted molar refractivity (Wildman–Crippen MR) is 57.6 cm³/mol. The van der Waals surface area contributed by atoms with Crippen LogP contribution < -0.4 is 10.6 Å². The first-order valence-electron chi connectivity index (χ1n) is 5.95. The number of nitrogens with one attached hydrogen (secondary N) is 2. The molecule has 0 saturated heterocycles. The fourth-order valence-electron chi connectivity index (χ4n) is 2.10. The Kier molecular flexibility index (Phi) is 3.14. The Hall–Kier alpha value is -0.770. The maximum atomic E-state index is 11.3. The van der Waals surface area contributed by atoms with Gasteiger partial charge in [0, 0.05) is 12.6 Å². The van der Waals surface area contributed by atoms with E-state index in [1.807, 2.05) is 0 Å². The van der Waals surface area contributed by atoms with E-state index in [-0.39, 0.29) is 6.03 Å². The molecular formula is C11H20N2O2. The summed E-state index contributed by atoms with van der Waals surface area (Å²) in [5.41, 5.74) is -0.654. The number of hydrogen-bond donors (Lipinski definition) is 3. The molecule has 0 spiro atoms. The Morgan fingerprint density at radius 1 is 1.27 bits per heavy atom. The minimum absolute atomic E-state index is 0.128. The molecule has 4 heteroatoms. The van der Waals surface area contributed by atoms with Gasteiger partial charge in [-0.1, -0.05) is 19.3 Å². The van der Waals surface area contributed by atoms with Gasteiger partial charge in [0.2, 0.25) is 0 Å². The third-order valence-electron chi connectivity index (χ3n) is 3.27. The van der Waals surface area contributed by atoms with Crippen LogP contribution in [-0.2, 0) is 0 Å². The van der Waals surface area contributed by atoms with Gasteiger partial charge < -0.3 is 15.7 Å². The fraction of sp³-hybridized carbons (Fsp3) is 0.909. The van der Waals surface area contributed by atoms with Gasteiger partial charge in [0.1, 0.15) is 0 Å². The molecule has 0 aliphatic heterocycles. The summed E-state index contributed by atoms with van der Waals surface area (Å²) in [6.07, 6.45) is 7.17. The molecule has 0 bridgehead atoms. The summed E-state index contributed by atoms with van der Waals surface area (Å²) in [6, 6.07) is 0.252. The molecule has 0 aromatic carbocycles. The van der Waals surface area contributed by atoms with Crippen molar-refractivity contribution in [2.24, 2.45) is 0 Å². The van der Waals surface area contributed by atoms with Crippen molar-refractivity contribution in [3.63, 3.8) is 0 Å². The average Bonchev–Trinajstić information content (AvgIpc) is 3.00. The third-order valence-corrected chi connectivity index (χ3v) is 3.27. The maximum Gasteiger partial charge on any atom is 0.315 e. The number of rotatable bonds is 3. The number of amides is 2. The standard InChI is InChI=1S/C11H20N2O2/c14-10(13-9-4-5-9)12-8-11(15)6-2-1-3-7-11/h9,15H,1-8H2,(H2,12,13,14). The lowest BCUT2D eigenvalue weighted by Gasteiger charge is -2.32. The Morgan fingerprint density at radius 3 is 2.53 bits per heavy atom. The molecule has 2 aliphatic rings. The van der Waals surface area contributed by atoms with Gasteiger partial charge in [-0.15, -0.1) is 0 Å². The lowest BCUT2D eigenvalue weighted by atomic mass is 9.85. The van der Waals surface area contributed by atoms with E-state index >= 15 is 0 Å². The van der Waals surface area contributed by atoms with Crippen molar-refractivity contribution >= 4 is 6.03 Å². The molecule has 0 aromatic rings. The van der Waals surface area contributed by atoms with Crippen molar-refractivity contribution in [2.45, 2.75) is 56.6 Å². The summed E-state index contributed by atoms with van der Waals surface area (Å²) in [5.74, 6) is 0. The molecule has 15 heavy (non-hydrogen) atoms. The van der Waals surface area contributed by atoms with Crippen LogP contribution in [0.5, 0.6) is 0 Å². The smallest absolute Gasteiger partial charge is 0.315 e. The zero-order valence-electron chi connectivity index (χ0n) is 9.09. The van der Waals surface area contributed by atoms with E-state index in [1.54, 1.807) is 0 Å². The van der Waals surface area contributed by atoms with Crippen LogP contribution in [0.1, 0.15) is 44.9 Å². The maximum absolute atomic E-state index is 11.3. The predicted octanol–water partition coefficient (Wildman–Crippen LogP) is 1.14. The molecule has 2 rings (SSSR count). The van der Waals surface area contributed by atoms with E-state index < -0.39 is 5.60 Å². The SMILES string of the molecule is O=C(NCC1(O)CCCCC1)NC1CC1. The lowest BCUT2D eigenvalue weighted by Crippen LogP contribution is -2.47. The summed E-state index contributed by atoms with van der Waals surface area (Å²) >= 11 is 0. The van der Waals surface area contributed by atoms with Gasteiger partial charge >= 0.3 is 6.03 Å². The lowest BCUT2D eigenvalue weighted by molar-refractivity contribution is 0.00719.